The van der Waals surface area contributed by atoms with E-state index in [1.165, 1.54) is 19.9 Å². The maximum absolute atomic E-state index is 13.1. The maximum Gasteiger partial charge on any atom is 0.347 e. The van der Waals surface area contributed by atoms with Crippen molar-refractivity contribution in [3.05, 3.63) is 58.9 Å². The quantitative estimate of drug-likeness (QED) is 0.248. The molecule has 3 aromatic rings. The van der Waals surface area contributed by atoms with E-state index in [0.29, 0.717) is 17.1 Å². The lowest BCUT2D eigenvalue weighted by Gasteiger charge is -2.24. The van der Waals surface area contributed by atoms with Crippen molar-refractivity contribution in [1.29, 1.82) is 0 Å². The Hall–Kier alpha value is -3.19. The molecule has 0 aliphatic heterocycles. The number of allylic oxidation sites excluding steroid dienone is 1. The molecule has 0 atom stereocenters. The van der Waals surface area contributed by atoms with Crippen LogP contribution in [0.2, 0.25) is 0 Å². The van der Waals surface area contributed by atoms with E-state index in [1.807, 2.05) is 69.4 Å². The van der Waals surface area contributed by atoms with Crippen molar-refractivity contribution in [2.75, 3.05) is 25.3 Å². The second kappa shape index (κ2) is 9.35. The molecule has 0 radical (unpaired) electrons. The molecule has 2 aromatic carbocycles. The average Bonchev–Trinajstić information content (AvgIpc) is 3.13. The number of ether oxygens (including phenoxy) is 1. The van der Waals surface area contributed by atoms with Crippen LogP contribution in [0.5, 0.6) is 5.75 Å². The highest BCUT2D eigenvalue weighted by atomic mass is 32.2. The summed E-state index contributed by atoms with van der Waals surface area (Å²) in [5, 5.41) is 10.2. The third-order valence-electron chi connectivity index (χ3n) is 5.32. The zero-order chi connectivity index (χ0) is 24.5. The van der Waals surface area contributed by atoms with Crippen LogP contribution < -0.4 is 9.64 Å². The molecule has 7 heteroatoms. The van der Waals surface area contributed by atoms with Gasteiger partial charge in [0, 0.05) is 24.4 Å². The number of aryl methyl sites for hydroxylation is 2. The van der Waals surface area contributed by atoms with Crippen LogP contribution in [-0.2, 0) is 4.79 Å². The summed E-state index contributed by atoms with van der Waals surface area (Å²) in [4.78, 5) is 27.4. The largest absolute Gasteiger partial charge is 0.478 e. The summed E-state index contributed by atoms with van der Waals surface area (Å²) in [7, 11) is 3.77. The number of carbonyl (C=O) groups is 2. The van der Waals surface area contributed by atoms with E-state index in [1.54, 1.807) is 17.8 Å². The van der Waals surface area contributed by atoms with Gasteiger partial charge in [-0.1, -0.05) is 6.08 Å². The molecule has 0 spiro atoms. The molecular weight excluding hydrogens is 438 g/mol. The first-order valence-corrected chi connectivity index (χ1v) is 11.7. The normalized spacial score (nSPS) is 11.8. The van der Waals surface area contributed by atoms with Crippen molar-refractivity contribution in [2.24, 2.45) is 0 Å². The number of thioether (sulfide) groups is 1. The molecule has 1 N–H and O–H groups in total. The van der Waals surface area contributed by atoms with Crippen molar-refractivity contribution >= 4 is 46.2 Å². The SMILES string of the molecule is CSc1ccc2c(N(C)C)c(C(=O)/C=C/c3cc(C)c(OC(C)(C)C(=O)O)c(C)c3)oc2c1. The summed E-state index contributed by atoms with van der Waals surface area (Å²) in [6, 6.07) is 9.66. The van der Waals surface area contributed by atoms with Gasteiger partial charge in [-0.3, -0.25) is 4.79 Å². The molecule has 1 aromatic heterocycles. The van der Waals surface area contributed by atoms with Gasteiger partial charge in [0.2, 0.25) is 5.78 Å². The van der Waals surface area contributed by atoms with Crippen molar-refractivity contribution < 1.29 is 23.8 Å². The van der Waals surface area contributed by atoms with Gasteiger partial charge >= 0.3 is 5.97 Å². The first-order valence-electron chi connectivity index (χ1n) is 10.5. The van der Waals surface area contributed by atoms with E-state index >= 15 is 0 Å². The fourth-order valence-electron chi connectivity index (χ4n) is 3.59. The molecule has 33 heavy (non-hydrogen) atoms. The number of rotatable bonds is 8. The third-order valence-corrected chi connectivity index (χ3v) is 6.05. The minimum absolute atomic E-state index is 0.233. The number of anilines is 1. The minimum atomic E-state index is -1.34. The highest BCUT2D eigenvalue weighted by molar-refractivity contribution is 7.98. The fourth-order valence-corrected chi connectivity index (χ4v) is 4.02. The van der Waals surface area contributed by atoms with Crippen LogP contribution >= 0.6 is 11.8 Å². The molecular formula is C26H29NO5S. The second-order valence-electron chi connectivity index (χ2n) is 8.64. The Morgan fingerprint density at radius 3 is 2.30 bits per heavy atom. The summed E-state index contributed by atoms with van der Waals surface area (Å²) in [5.74, 6) is -0.449. The zero-order valence-corrected chi connectivity index (χ0v) is 20.8. The molecule has 174 valence electrons. The zero-order valence-electron chi connectivity index (χ0n) is 20.0. The van der Waals surface area contributed by atoms with Gasteiger partial charge in [-0.15, -0.1) is 11.8 Å². The Morgan fingerprint density at radius 2 is 1.76 bits per heavy atom. The van der Waals surface area contributed by atoms with Crippen LogP contribution in [0.1, 0.15) is 41.1 Å². The molecule has 0 bridgehead atoms. The summed E-state index contributed by atoms with van der Waals surface area (Å²) in [6.45, 7) is 6.73. The van der Waals surface area contributed by atoms with Crippen LogP contribution in [0.3, 0.4) is 0 Å². The van der Waals surface area contributed by atoms with Crippen LogP contribution in [0, 0.1) is 13.8 Å². The number of hydrogen-bond donors (Lipinski definition) is 1. The molecule has 1 heterocycles. The number of aliphatic carboxylic acids is 1. The predicted octanol–water partition coefficient (Wildman–Crippen LogP) is 5.98. The summed E-state index contributed by atoms with van der Waals surface area (Å²) < 4.78 is 11.7. The molecule has 3 rings (SSSR count). The lowest BCUT2D eigenvalue weighted by molar-refractivity contribution is -0.152. The van der Waals surface area contributed by atoms with E-state index in [4.69, 9.17) is 9.15 Å². The molecule has 6 nitrogen and oxygen atoms in total. The summed E-state index contributed by atoms with van der Waals surface area (Å²) in [6.07, 6.45) is 5.22. The van der Waals surface area contributed by atoms with E-state index in [-0.39, 0.29) is 5.78 Å². The molecule has 0 fully saturated rings. The van der Waals surface area contributed by atoms with Gasteiger partial charge in [0.25, 0.3) is 0 Å². The number of fused-ring (bicyclic) bond motifs is 1. The summed E-state index contributed by atoms with van der Waals surface area (Å²) in [5.41, 5.74) is 2.47. The topological polar surface area (TPSA) is 80.0 Å². The lowest BCUT2D eigenvalue weighted by atomic mass is 10.0. The molecule has 0 aliphatic rings. The number of carboxylic acids is 1. The van der Waals surface area contributed by atoms with Crippen LogP contribution in [-0.4, -0.2) is 42.8 Å². The van der Waals surface area contributed by atoms with Crippen LogP contribution in [0.15, 0.2) is 45.7 Å². The van der Waals surface area contributed by atoms with E-state index in [2.05, 4.69) is 0 Å². The monoisotopic (exact) mass is 467 g/mol. The Balaban J connectivity index is 1.93. The van der Waals surface area contributed by atoms with Gasteiger partial charge in [-0.25, -0.2) is 4.79 Å². The highest BCUT2D eigenvalue weighted by Crippen LogP contribution is 2.36. The molecule has 0 saturated heterocycles. The molecule has 0 aliphatic carbocycles. The first-order chi connectivity index (χ1) is 15.4. The highest BCUT2D eigenvalue weighted by Gasteiger charge is 2.30. The Bertz CT molecular complexity index is 1230. The van der Waals surface area contributed by atoms with Gasteiger partial charge in [0.15, 0.2) is 11.4 Å². The number of benzene rings is 2. The van der Waals surface area contributed by atoms with Crippen molar-refractivity contribution in [2.45, 2.75) is 38.2 Å². The van der Waals surface area contributed by atoms with Crippen molar-refractivity contribution in [1.82, 2.24) is 0 Å². The van der Waals surface area contributed by atoms with Crippen molar-refractivity contribution in [3.8, 4) is 5.75 Å². The first kappa shape index (κ1) is 24.5. The van der Waals surface area contributed by atoms with Crippen LogP contribution in [0.4, 0.5) is 5.69 Å². The van der Waals surface area contributed by atoms with Gasteiger partial charge in [-0.05, 0) is 87.0 Å². The third kappa shape index (κ3) is 5.09. The minimum Gasteiger partial charge on any atom is -0.478 e. The molecule has 0 amide bonds. The average molecular weight is 468 g/mol. The number of ketones is 1. The lowest BCUT2D eigenvalue weighted by Crippen LogP contribution is -2.38. The van der Waals surface area contributed by atoms with Gasteiger partial charge in [-0.2, -0.15) is 0 Å². The van der Waals surface area contributed by atoms with Gasteiger partial charge < -0.3 is 19.2 Å². The smallest absolute Gasteiger partial charge is 0.347 e. The van der Waals surface area contributed by atoms with Crippen molar-refractivity contribution in [3.63, 3.8) is 0 Å². The Morgan fingerprint density at radius 1 is 1.12 bits per heavy atom. The molecule has 0 unspecified atom stereocenters. The van der Waals surface area contributed by atoms with Gasteiger partial charge in [0.1, 0.15) is 11.3 Å². The Labute approximate surface area is 198 Å². The number of furan rings is 1. The maximum atomic E-state index is 13.1. The molecule has 0 saturated carbocycles. The number of carboxylic acid groups (broad SMARTS) is 1. The van der Waals surface area contributed by atoms with Crippen LogP contribution in [0.25, 0.3) is 17.0 Å². The number of nitrogens with zero attached hydrogens (tertiary/aromatic N) is 1. The summed E-state index contributed by atoms with van der Waals surface area (Å²) >= 11 is 1.62. The fraction of sp³-hybridized carbons (Fsp3) is 0.308. The number of carbonyl (C=O) groups excluding carboxylic acids is 1. The standard InChI is InChI=1S/C26H29NO5S/c1-15-12-17(13-16(2)23(15)32-26(3,4)25(29)30)8-11-20(28)24-22(27(5)6)19-10-9-18(33-7)14-21(19)31-24/h8-14H,1-7H3,(H,29,30)/b11-8+. The van der Waals surface area contributed by atoms with Gasteiger partial charge in [0.05, 0.1) is 5.69 Å². The second-order valence-corrected chi connectivity index (χ2v) is 9.51. The van der Waals surface area contributed by atoms with E-state index in [0.717, 1.165) is 32.7 Å². The van der Waals surface area contributed by atoms with E-state index in [9.17, 15) is 14.7 Å². The Kier molecular flexibility index (Phi) is 6.93. The predicted molar refractivity (Wildman–Crippen MR) is 134 cm³/mol. The number of hydrogen-bond acceptors (Lipinski definition) is 6. The van der Waals surface area contributed by atoms with E-state index < -0.39 is 11.6 Å².